The summed E-state index contributed by atoms with van der Waals surface area (Å²) in [5, 5.41) is 10.3. The zero-order valence-electron chi connectivity index (χ0n) is 13.5. The molecule has 0 saturated heterocycles. The van der Waals surface area contributed by atoms with Gasteiger partial charge in [0, 0.05) is 37.8 Å². The van der Waals surface area contributed by atoms with E-state index in [1.54, 1.807) is 13.1 Å². The molecule has 0 spiro atoms. The summed E-state index contributed by atoms with van der Waals surface area (Å²) in [5.41, 5.74) is 1.06. The third-order valence-corrected chi connectivity index (χ3v) is 2.91. The van der Waals surface area contributed by atoms with Crippen molar-refractivity contribution >= 4 is 29.9 Å². The summed E-state index contributed by atoms with van der Waals surface area (Å²) in [5.74, 6) is 2.06. The second-order valence-corrected chi connectivity index (χ2v) is 4.74. The predicted molar refractivity (Wildman–Crippen MR) is 100 cm³/mol. The summed E-state index contributed by atoms with van der Waals surface area (Å²) in [4.78, 5) is 13.0. The maximum atomic E-state index is 5.07. The number of nitrogens with one attached hydrogen (secondary N) is 2. The monoisotopic (exact) mass is 430 g/mol. The van der Waals surface area contributed by atoms with E-state index in [1.807, 2.05) is 25.1 Å². The first-order valence-corrected chi connectivity index (χ1v) is 7.49. The molecule has 0 aromatic carbocycles. The van der Waals surface area contributed by atoms with Crippen LogP contribution in [-0.2, 0) is 12.8 Å². The lowest BCUT2D eigenvalue weighted by atomic mass is 10.3. The molecule has 2 N–H and O–H groups in total. The molecule has 0 atom stereocenters. The second kappa shape index (κ2) is 10.9. The van der Waals surface area contributed by atoms with Gasteiger partial charge in [-0.15, -0.1) is 24.0 Å². The topological polar surface area (TPSA) is 88.2 Å². The van der Waals surface area contributed by atoms with Gasteiger partial charge in [0.05, 0.1) is 6.54 Å². The summed E-state index contributed by atoms with van der Waals surface area (Å²) in [6.07, 6.45) is 3.30. The minimum atomic E-state index is 0. The summed E-state index contributed by atoms with van der Waals surface area (Å²) in [6.45, 7) is 6.04. The minimum Gasteiger partial charge on any atom is -0.357 e. The number of pyridine rings is 1. The minimum absolute atomic E-state index is 0. The predicted octanol–water partition coefficient (Wildman–Crippen LogP) is 1.73. The Hall–Kier alpha value is -1.71. The molecule has 2 aromatic heterocycles. The van der Waals surface area contributed by atoms with Gasteiger partial charge in [-0.25, -0.2) is 0 Å². The van der Waals surface area contributed by atoms with Gasteiger partial charge in [-0.1, -0.05) is 11.2 Å². The van der Waals surface area contributed by atoms with Gasteiger partial charge in [-0.3, -0.25) is 9.98 Å². The molecule has 2 aromatic rings. The average Bonchev–Trinajstić information content (AvgIpc) is 2.94. The molecular formula is C15H23IN6O. The fraction of sp³-hybridized carbons (Fsp3) is 0.467. The molecule has 23 heavy (non-hydrogen) atoms. The SMILES string of the molecule is CCNC(=NCCc1nc(C)no1)NCCc1ccccn1.I. The van der Waals surface area contributed by atoms with Crippen molar-refractivity contribution in [3.05, 3.63) is 41.8 Å². The Morgan fingerprint density at radius 2 is 2.13 bits per heavy atom. The van der Waals surface area contributed by atoms with Crippen molar-refractivity contribution in [1.29, 1.82) is 0 Å². The van der Waals surface area contributed by atoms with E-state index in [-0.39, 0.29) is 24.0 Å². The number of guanidine groups is 1. The molecule has 0 aliphatic carbocycles. The van der Waals surface area contributed by atoms with E-state index in [4.69, 9.17) is 4.52 Å². The molecule has 0 radical (unpaired) electrons. The zero-order valence-corrected chi connectivity index (χ0v) is 15.8. The van der Waals surface area contributed by atoms with Crippen LogP contribution in [0.3, 0.4) is 0 Å². The molecule has 0 aliphatic rings. The normalized spacial score (nSPS) is 11.0. The number of hydrogen-bond acceptors (Lipinski definition) is 5. The van der Waals surface area contributed by atoms with Gasteiger partial charge in [0.15, 0.2) is 11.8 Å². The molecule has 8 heteroatoms. The van der Waals surface area contributed by atoms with Gasteiger partial charge in [0.25, 0.3) is 0 Å². The molecule has 0 saturated carbocycles. The molecule has 7 nitrogen and oxygen atoms in total. The van der Waals surface area contributed by atoms with Gasteiger partial charge in [0.1, 0.15) is 0 Å². The highest BCUT2D eigenvalue weighted by Crippen LogP contribution is 1.97. The molecular weight excluding hydrogens is 407 g/mol. The lowest BCUT2D eigenvalue weighted by Crippen LogP contribution is -2.38. The smallest absolute Gasteiger partial charge is 0.228 e. The summed E-state index contributed by atoms with van der Waals surface area (Å²) in [6, 6.07) is 5.93. The Morgan fingerprint density at radius 1 is 1.26 bits per heavy atom. The molecule has 2 rings (SSSR count). The number of aliphatic imine (C=N–C) groups is 1. The third kappa shape index (κ3) is 7.40. The van der Waals surface area contributed by atoms with Gasteiger partial charge in [-0.05, 0) is 26.0 Å². The van der Waals surface area contributed by atoms with E-state index >= 15 is 0 Å². The average molecular weight is 430 g/mol. The van der Waals surface area contributed by atoms with Crippen LogP contribution in [0.5, 0.6) is 0 Å². The standard InChI is InChI=1S/C15H22N6O.HI/c1-3-16-15(18-10-7-13-6-4-5-9-17-13)19-11-8-14-20-12(2)21-22-14;/h4-6,9H,3,7-8,10-11H2,1-2H3,(H2,16,18,19);1H. The van der Waals surface area contributed by atoms with E-state index in [2.05, 4.69) is 30.8 Å². The van der Waals surface area contributed by atoms with E-state index in [9.17, 15) is 0 Å². The largest absolute Gasteiger partial charge is 0.357 e. The first-order valence-electron chi connectivity index (χ1n) is 7.49. The number of hydrogen-bond donors (Lipinski definition) is 2. The maximum absolute atomic E-state index is 5.07. The van der Waals surface area contributed by atoms with Crippen LogP contribution in [0.4, 0.5) is 0 Å². The van der Waals surface area contributed by atoms with Crippen LogP contribution in [0.1, 0.15) is 24.3 Å². The van der Waals surface area contributed by atoms with Crippen LogP contribution < -0.4 is 10.6 Å². The van der Waals surface area contributed by atoms with Crippen molar-refractivity contribution in [3.63, 3.8) is 0 Å². The number of aryl methyl sites for hydroxylation is 1. The van der Waals surface area contributed by atoms with E-state index in [0.717, 1.165) is 31.2 Å². The number of aromatic nitrogens is 3. The molecule has 0 aliphatic heterocycles. The fourth-order valence-corrected chi connectivity index (χ4v) is 1.90. The van der Waals surface area contributed by atoms with Crippen LogP contribution in [0.25, 0.3) is 0 Å². The molecule has 126 valence electrons. The highest BCUT2D eigenvalue weighted by Gasteiger charge is 2.02. The molecule has 2 heterocycles. The van der Waals surface area contributed by atoms with Crippen molar-refractivity contribution in [3.8, 4) is 0 Å². The van der Waals surface area contributed by atoms with E-state index in [1.165, 1.54) is 0 Å². The number of rotatable bonds is 7. The highest BCUT2D eigenvalue weighted by molar-refractivity contribution is 14.0. The van der Waals surface area contributed by atoms with Crippen LogP contribution in [0.2, 0.25) is 0 Å². The van der Waals surface area contributed by atoms with Crippen molar-refractivity contribution in [2.24, 2.45) is 4.99 Å². The fourth-order valence-electron chi connectivity index (χ4n) is 1.90. The Bertz CT molecular complexity index is 587. The van der Waals surface area contributed by atoms with Gasteiger partial charge < -0.3 is 15.2 Å². The lowest BCUT2D eigenvalue weighted by molar-refractivity contribution is 0.376. The van der Waals surface area contributed by atoms with Crippen molar-refractivity contribution in [2.45, 2.75) is 26.7 Å². The zero-order chi connectivity index (χ0) is 15.6. The maximum Gasteiger partial charge on any atom is 0.228 e. The third-order valence-electron chi connectivity index (χ3n) is 2.91. The summed E-state index contributed by atoms with van der Waals surface area (Å²) in [7, 11) is 0. The van der Waals surface area contributed by atoms with Crippen LogP contribution >= 0.6 is 24.0 Å². The molecule has 0 unspecified atom stereocenters. The first kappa shape index (κ1) is 19.3. The Kier molecular flexibility index (Phi) is 9.18. The molecule has 0 fully saturated rings. The Labute approximate surface area is 153 Å². The van der Waals surface area contributed by atoms with Gasteiger partial charge in [-0.2, -0.15) is 4.98 Å². The molecule has 0 bridgehead atoms. The van der Waals surface area contributed by atoms with Crippen LogP contribution in [0.15, 0.2) is 33.9 Å². The Morgan fingerprint density at radius 3 is 2.78 bits per heavy atom. The quantitative estimate of drug-likeness (QED) is 0.395. The first-order chi connectivity index (χ1) is 10.8. The van der Waals surface area contributed by atoms with Gasteiger partial charge >= 0.3 is 0 Å². The van der Waals surface area contributed by atoms with E-state index in [0.29, 0.717) is 24.7 Å². The Balaban J connectivity index is 0.00000264. The van der Waals surface area contributed by atoms with Crippen molar-refractivity contribution < 1.29 is 4.52 Å². The van der Waals surface area contributed by atoms with Crippen molar-refractivity contribution in [1.82, 2.24) is 25.8 Å². The van der Waals surface area contributed by atoms with E-state index < -0.39 is 0 Å². The van der Waals surface area contributed by atoms with Crippen molar-refractivity contribution in [2.75, 3.05) is 19.6 Å². The van der Waals surface area contributed by atoms with Crippen LogP contribution in [0, 0.1) is 6.92 Å². The lowest BCUT2D eigenvalue weighted by Gasteiger charge is -2.10. The van der Waals surface area contributed by atoms with Gasteiger partial charge in [0.2, 0.25) is 5.89 Å². The number of halogens is 1. The number of nitrogens with zero attached hydrogens (tertiary/aromatic N) is 4. The molecule has 0 amide bonds. The summed E-state index contributed by atoms with van der Waals surface area (Å²) < 4.78 is 5.07. The summed E-state index contributed by atoms with van der Waals surface area (Å²) >= 11 is 0. The van der Waals surface area contributed by atoms with Crippen LogP contribution in [-0.4, -0.2) is 40.7 Å². The second-order valence-electron chi connectivity index (χ2n) is 4.74. The highest BCUT2D eigenvalue weighted by atomic mass is 127.